The van der Waals surface area contributed by atoms with E-state index in [1.165, 1.54) is 9.58 Å². The zero-order valence-electron chi connectivity index (χ0n) is 18.0. The molecule has 1 heterocycles. The van der Waals surface area contributed by atoms with Crippen LogP contribution in [0.15, 0.2) is 59.7 Å². The summed E-state index contributed by atoms with van der Waals surface area (Å²) in [4.78, 5) is 13.7. The number of carbonyl (C=O) groups excluding carboxylic acids is 1. The summed E-state index contributed by atoms with van der Waals surface area (Å²) in [5.74, 6) is 0.232. The van der Waals surface area contributed by atoms with Crippen molar-refractivity contribution in [1.29, 1.82) is 0 Å². The Labute approximate surface area is 175 Å². The zero-order chi connectivity index (χ0) is 22.5. The molecular weight excluding hydrogens is 391 g/mol. The number of aromatic nitrogens is 2. The Bertz CT molecular complexity index is 928. The average Bonchev–Trinajstić information content (AvgIpc) is 3.10. The van der Waals surface area contributed by atoms with Crippen LogP contribution in [0, 0.1) is 5.92 Å². The quantitative estimate of drug-likeness (QED) is 0.456. The van der Waals surface area contributed by atoms with Crippen molar-refractivity contribution in [2.75, 3.05) is 14.1 Å². The van der Waals surface area contributed by atoms with E-state index in [-0.39, 0.29) is 12.5 Å². The Morgan fingerprint density at radius 3 is 2.57 bits per heavy atom. The van der Waals surface area contributed by atoms with Crippen LogP contribution in [0.4, 0.5) is 13.2 Å². The maximum absolute atomic E-state index is 13.3. The van der Waals surface area contributed by atoms with Gasteiger partial charge in [0, 0.05) is 19.7 Å². The van der Waals surface area contributed by atoms with Gasteiger partial charge < -0.3 is 4.90 Å². The van der Waals surface area contributed by atoms with Gasteiger partial charge in [-0.3, -0.25) is 9.48 Å². The molecule has 0 aromatic carbocycles. The van der Waals surface area contributed by atoms with Crippen LogP contribution in [0.5, 0.6) is 0 Å². The summed E-state index contributed by atoms with van der Waals surface area (Å²) < 4.78 is 41.2. The van der Waals surface area contributed by atoms with Crippen molar-refractivity contribution in [3.63, 3.8) is 0 Å². The fourth-order valence-electron chi connectivity index (χ4n) is 2.99. The zero-order valence-corrected chi connectivity index (χ0v) is 18.0. The van der Waals surface area contributed by atoms with Gasteiger partial charge in [0.05, 0.1) is 12.2 Å². The van der Waals surface area contributed by atoms with Gasteiger partial charge in [-0.25, -0.2) is 0 Å². The molecular formula is C23H28F3N3O. The van der Waals surface area contributed by atoms with E-state index >= 15 is 0 Å². The van der Waals surface area contributed by atoms with E-state index in [1.54, 1.807) is 52.2 Å². The van der Waals surface area contributed by atoms with Crippen LogP contribution < -0.4 is 0 Å². The second-order valence-corrected chi connectivity index (χ2v) is 7.59. The number of rotatable bonds is 6. The molecule has 0 bridgehead atoms. The normalized spacial score (nSPS) is 18.1. The maximum Gasteiger partial charge on any atom is 0.435 e. The minimum absolute atomic E-state index is 0.187. The lowest BCUT2D eigenvalue weighted by molar-refractivity contribution is -0.141. The Kier molecular flexibility index (Phi) is 7.65. The molecule has 1 aromatic heterocycles. The molecule has 1 aliphatic carbocycles. The summed E-state index contributed by atoms with van der Waals surface area (Å²) in [5, 5.41) is 3.81. The SMILES string of the molecule is C\C=C/C(=C\C=C(/C)c1cc(C(F)(F)F)nn1CC1=CCC(C)C=C1)C(=O)N(C)C. The largest absolute Gasteiger partial charge is 0.435 e. The van der Waals surface area contributed by atoms with Gasteiger partial charge in [-0.05, 0) is 49.5 Å². The molecule has 0 radical (unpaired) electrons. The second-order valence-electron chi connectivity index (χ2n) is 7.59. The molecule has 0 fully saturated rings. The maximum atomic E-state index is 13.3. The Morgan fingerprint density at radius 2 is 2.03 bits per heavy atom. The van der Waals surface area contributed by atoms with Crippen LogP contribution >= 0.6 is 0 Å². The number of allylic oxidation sites excluding steroid dienone is 8. The molecule has 0 saturated heterocycles. The van der Waals surface area contributed by atoms with E-state index in [0.29, 0.717) is 22.8 Å². The monoisotopic (exact) mass is 419 g/mol. The fourth-order valence-corrected chi connectivity index (χ4v) is 2.99. The van der Waals surface area contributed by atoms with Crippen molar-refractivity contribution < 1.29 is 18.0 Å². The van der Waals surface area contributed by atoms with E-state index in [2.05, 4.69) is 12.0 Å². The third kappa shape index (κ3) is 6.08. The molecule has 1 aromatic rings. The van der Waals surface area contributed by atoms with Gasteiger partial charge in [0.1, 0.15) is 0 Å². The van der Waals surface area contributed by atoms with Crippen molar-refractivity contribution in [2.45, 2.75) is 39.9 Å². The van der Waals surface area contributed by atoms with Crippen molar-refractivity contribution in [2.24, 2.45) is 5.92 Å². The smallest absolute Gasteiger partial charge is 0.345 e. The molecule has 162 valence electrons. The Balaban J connectivity index is 2.43. The topological polar surface area (TPSA) is 38.1 Å². The van der Waals surface area contributed by atoms with Crippen molar-refractivity contribution in [3.8, 4) is 0 Å². The average molecular weight is 419 g/mol. The number of nitrogens with zero attached hydrogens (tertiary/aromatic N) is 3. The lowest BCUT2D eigenvalue weighted by atomic mass is 9.98. The first-order valence-corrected chi connectivity index (χ1v) is 9.78. The predicted octanol–water partition coefficient (Wildman–Crippen LogP) is 5.42. The van der Waals surface area contributed by atoms with Gasteiger partial charge in [-0.15, -0.1) is 0 Å². The van der Waals surface area contributed by atoms with Crippen molar-refractivity contribution >= 4 is 11.5 Å². The van der Waals surface area contributed by atoms with Gasteiger partial charge in [-0.2, -0.15) is 18.3 Å². The third-order valence-electron chi connectivity index (χ3n) is 4.71. The van der Waals surface area contributed by atoms with Gasteiger partial charge in [0.25, 0.3) is 5.91 Å². The summed E-state index contributed by atoms with van der Waals surface area (Å²) in [6, 6.07) is 1.05. The highest BCUT2D eigenvalue weighted by atomic mass is 19.4. The molecule has 1 unspecified atom stereocenters. The summed E-state index contributed by atoms with van der Waals surface area (Å²) in [6.07, 6.45) is 9.01. The van der Waals surface area contributed by atoms with Crippen molar-refractivity contribution in [1.82, 2.24) is 14.7 Å². The van der Waals surface area contributed by atoms with Crippen LogP contribution in [0.2, 0.25) is 0 Å². The summed E-state index contributed by atoms with van der Waals surface area (Å²) >= 11 is 0. The number of amides is 1. The first-order chi connectivity index (χ1) is 14.0. The fraction of sp³-hybridized carbons (Fsp3) is 0.391. The Hall–Kier alpha value is -2.83. The van der Waals surface area contributed by atoms with Crippen molar-refractivity contribution in [3.05, 3.63) is 71.1 Å². The molecule has 4 nitrogen and oxygen atoms in total. The van der Waals surface area contributed by atoms with Gasteiger partial charge >= 0.3 is 6.18 Å². The molecule has 1 aliphatic rings. The molecule has 0 N–H and O–H groups in total. The number of alkyl halides is 3. The highest BCUT2D eigenvalue weighted by Gasteiger charge is 2.35. The number of halogens is 3. The van der Waals surface area contributed by atoms with Gasteiger partial charge in [-0.1, -0.05) is 43.4 Å². The van der Waals surface area contributed by atoms with Crippen LogP contribution in [0.25, 0.3) is 5.57 Å². The summed E-state index contributed by atoms with van der Waals surface area (Å²) in [5.41, 5.74) is 1.38. The van der Waals surface area contributed by atoms with Gasteiger partial charge in [0.2, 0.25) is 0 Å². The third-order valence-corrected chi connectivity index (χ3v) is 4.71. The number of hydrogen-bond acceptors (Lipinski definition) is 2. The predicted molar refractivity (Wildman–Crippen MR) is 113 cm³/mol. The second kappa shape index (κ2) is 9.78. The van der Waals surface area contributed by atoms with Gasteiger partial charge in [0.15, 0.2) is 5.69 Å². The highest BCUT2D eigenvalue weighted by molar-refractivity contribution is 5.96. The molecule has 0 saturated carbocycles. The van der Waals surface area contributed by atoms with E-state index < -0.39 is 11.9 Å². The molecule has 0 spiro atoms. The molecule has 1 amide bonds. The molecule has 7 heteroatoms. The lowest BCUT2D eigenvalue weighted by Gasteiger charge is -2.14. The van der Waals surface area contributed by atoms with E-state index in [9.17, 15) is 18.0 Å². The lowest BCUT2D eigenvalue weighted by Crippen LogP contribution is -2.22. The Morgan fingerprint density at radius 1 is 1.33 bits per heavy atom. The minimum Gasteiger partial charge on any atom is -0.345 e. The minimum atomic E-state index is -4.53. The summed E-state index contributed by atoms with van der Waals surface area (Å²) in [6.45, 7) is 5.85. The highest BCUT2D eigenvalue weighted by Crippen LogP contribution is 2.31. The van der Waals surface area contributed by atoms with E-state index in [1.807, 2.05) is 18.2 Å². The molecule has 1 atom stereocenters. The number of carbonyl (C=O) groups is 1. The molecule has 30 heavy (non-hydrogen) atoms. The molecule has 0 aliphatic heterocycles. The van der Waals surface area contributed by atoms with Crippen LogP contribution in [-0.2, 0) is 17.5 Å². The van der Waals surface area contributed by atoms with Crippen LogP contribution in [-0.4, -0.2) is 34.7 Å². The number of hydrogen-bond donors (Lipinski definition) is 0. The number of likely N-dealkylation sites (N-methyl/N-ethyl adjacent to an activating group) is 1. The summed E-state index contributed by atoms with van der Waals surface area (Å²) in [7, 11) is 3.29. The first-order valence-electron chi connectivity index (χ1n) is 9.78. The van der Waals surface area contributed by atoms with Crippen LogP contribution in [0.3, 0.4) is 0 Å². The standard InChI is InChI=1S/C23H28F3N3O/c1-6-7-19(22(30)28(4)5)13-10-17(3)20-14-21(23(24,25)26)27-29(20)15-18-11-8-16(2)9-12-18/h6-8,10-14,16H,9,15H2,1-5H3/b7-6-,17-10+,19-13+. The first kappa shape index (κ1) is 23.4. The molecule has 2 rings (SSSR count). The van der Waals surface area contributed by atoms with Crippen LogP contribution in [0.1, 0.15) is 38.6 Å². The van der Waals surface area contributed by atoms with E-state index in [0.717, 1.165) is 18.1 Å². The van der Waals surface area contributed by atoms with E-state index in [4.69, 9.17) is 0 Å².